The maximum atomic E-state index is 11.8. The summed E-state index contributed by atoms with van der Waals surface area (Å²) in [7, 11) is 0. The van der Waals surface area contributed by atoms with Crippen molar-refractivity contribution < 1.29 is 4.79 Å². The van der Waals surface area contributed by atoms with Gasteiger partial charge in [-0.25, -0.2) is 0 Å². The van der Waals surface area contributed by atoms with Crippen LogP contribution in [-0.4, -0.2) is 29.5 Å². The maximum absolute atomic E-state index is 11.8. The smallest absolute Gasteiger partial charge is 0.237 e. The summed E-state index contributed by atoms with van der Waals surface area (Å²) in [6.45, 7) is 2.13. The molecule has 0 aromatic rings. The molecule has 15 heavy (non-hydrogen) atoms. The van der Waals surface area contributed by atoms with E-state index < -0.39 is 0 Å². The molecule has 0 unspecified atom stereocenters. The third-order valence-corrected chi connectivity index (χ3v) is 3.99. The molecule has 1 aliphatic rings. The summed E-state index contributed by atoms with van der Waals surface area (Å²) in [6, 6.07) is -0.332. The highest BCUT2D eigenvalue weighted by Crippen LogP contribution is 2.34. The van der Waals surface area contributed by atoms with Crippen LogP contribution >= 0.6 is 11.8 Å². The fourth-order valence-corrected chi connectivity index (χ4v) is 2.39. The molecule has 1 aliphatic carbocycles. The zero-order chi connectivity index (χ0) is 11.3. The first-order valence-electron chi connectivity index (χ1n) is 5.70. The van der Waals surface area contributed by atoms with Crippen molar-refractivity contribution in [3.05, 3.63) is 0 Å². The average molecular weight is 230 g/mol. The summed E-state index contributed by atoms with van der Waals surface area (Å²) in [6.07, 6.45) is 7.29. The second-order valence-corrected chi connectivity index (χ2v) is 5.35. The van der Waals surface area contributed by atoms with Gasteiger partial charge in [-0.15, -0.1) is 0 Å². The molecule has 1 atom stereocenters. The molecular weight excluding hydrogens is 208 g/mol. The predicted octanol–water partition coefficient (Wildman–Crippen LogP) is 1.52. The quantitative estimate of drug-likeness (QED) is 0.727. The molecule has 0 bridgehead atoms. The van der Waals surface area contributed by atoms with Crippen molar-refractivity contribution in [2.24, 2.45) is 5.73 Å². The molecule has 3 N–H and O–H groups in total. The Kier molecular flexibility index (Phi) is 4.93. The second-order valence-electron chi connectivity index (χ2n) is 4.36. The van der Waals surface area contributed by atoms with E-state index in [1.807, 2.05) is 6.26 Å². The van der Waals surface area contributed by atoms with E-state index in [2.05, 4.69) is 12.2 Å². The van der Waals surface area contributed by atoms with Crippen molar-refractivity contribution in [1.82, 2.24) is 5.32 Å². The van der Waals surface area contributed by atoms with Crippen molar-refractivity contribution in [2.45, 2.75) is 50.6 Å². The first kappa shape index (κ1) is 12.8. The van der Waals surface area contributed by atoms with E-state index >= 15 is 0 Å². The van der Waals surface area contributed by atoms with Crippen LogP contribution in [0.4, 0.5) is 0 Å². The molecule has 1 rings (SSSR count). The van der Waals surface area contributed by atoms with Crippen LogP contribution in [0.1, 0.15) is 39.0 Å². The number of carbonyl (C=O) groups excluding carboxylic acids is 1. The van der Waals surface area contributed by atoms with Gasteiger partial charge in [0.05, 0.1) is 6.04 Å². The highest BCUT2D eigenvalue weighted by atomic mass is 32.2. The van der Waals surface area contributed by atoms with Crippen molar-refractivity contribution in [3.8, 4) is 0 Å². The highest BCUT2D eigenvalue weighted by molar-refractivity contribution is 7.98. The molecule has 88 valence electrons. The van der Waals surface area contributed by atoms with E-state index in [1.54, 1.807) is 11.8 Å². The lowest BCUT2D eigenvalue weighted by Gasteiger charge is -2.42. The maximum Gasteiger partial charge on any atom is 0.237 e. The van der Waals surface area contributed by atoms with Gasteiger partial charge in [0.25, 0.3) is 0 Å². The molecule has 0 radical (unpaired) electrons. The minimum absolute atomic E-state index is 0.0330. The third-order valence-electron chi connectivity index (χ3n) is 3.35. The van der Waals surface area contributed by atoms with Crippen LogP contribution in [0.25, 0.3) is 0 Å². The number of thioether (sulfide) groups is 1. The summed E-state index contributed by atoms with van der Waals surface area (Å²) in [5.41, 5.74) is 5.90. The number of rotatable bonds is 6. The predicted molar refractivity (Wildman–Crippen MR) is 66.0 cm³/mol. The molecule has 3 nitrogen and oxygen atoms in total. The molecule has 0 saturated heterocycles. The Labute approximate surface area is 96.6 Å². The largest absolute Gasteiger partial charge is 0.349 e. The van der Waals surface area contributed by atoms with Gasteiger partial charge in [-0.1, -0.05) is 6.92 Å². The van der Waals surface area contributed by atoms with E-state index in [0.29, 0.717) is 0 Å². The standard InChI is InChI=1S/C11H22N2OS/c1-3-11(6-4-7-11)13-10(14)9(12)5-8-15-2/h9H,3-8,12H2,1-2H3,(H,13,14)/t9-/m0/s1. The minimum atomic E-state index is -0.332. The average Bonchev–Trinajstić information content (AvgIpc) is 2.19. The van der Waals surface area contributed by atoms with Crippen LogP contribution in [-0.2, 0) is 4.79 Å². The Morgan fingerprint density at radius 2 is 2.27 bits per heavy atom. The minimum Gasteiger partial charge on any atom is -0.349 e. The Hall–Kier alpha value is -0.220. The number of amides is 1. The van der Waals surface area contributed by atoms with Crippen LogP contribution in [0.3, 0.4) is 0 Å². The van der Waals surface area contributed by atoms with Gasteiger partial charge >= 0.3 is 0 Å². The first-order valence-corrected chi connectivity index (χ1v) is 7.09. The van der Waals surface area contributed by atoms with Crippen LogP contribution in [0.2, 0.25) is 0 Å². The van der Waals surface area contributed by atoms with Gasteiger partial charge in [-0.2, -0.15) is 11.8 Å². The molecule has 1 amide bonds. The fourth-order valence-electron chi connectivity index (χ4n) is 1.90. The van der Waals surface area contributed by atoms with Gasteiger partial charge in [0.2, 0.25) is 5.91 Å². The van der Waals surface area contributed by atoms with Crippen molar-refractivity contribution >= 4 is 17.7 Å². The molecule has 4 heteroatoms. The molecule has 1 fully saturated rings. The van der Waals surface area contributed by atoms with E-state index in [4.69, 9.17) is 5.73 Å². The second kappa shape index (κ2) is 5.75. The SMILES string of the molecule is CCC1(NC(=O)[C@@H](N)CCSC)CCC1. The normalized spacial score (nSPS) is 20.5. The monoisotopic (exact) mass is 230 g/mol. The number of hydrogen-bond acceptors (Lipinski definition) is 3. The Bertz CT molecular complexity index is 211. The summed E-state index contributed by atoms with van der Waals surface area (Å²) in [5.74, 6) is 0.985. The molecule has 1 saturated carbocycles. The molecule has 0 aliphatic heterocycles. The lowest BCUT2D eigenvalue weighted by atomic mass is 9.74. The number of nitrogens with two attached hydrogens (primary N) is 1. The highest BCUT2D eigenvalue weighted by Gasteiger charge is 2.37. The van der Waals surface area contributed by atoms with Crippen LogP contribution in [0, 0.1) is 0 Å². The van der Waals surface area contributed by atoms with Crippen LogP contribution in [0.15, 0.2) is 0 Å². The first-order chi connectivity index (χ1) is 7.13. The number of nitrogens with one attached hydrogen (secondary N) is 1. The molecule has 0 spiro atoms. The van der Waals surface area contributed by atoms with Crippen molar-refractivity contribution in [1.29, 1.82) is 0 Å². The van der Waals surface area contributed by atoms with E-state index in [0.717, 1.165) is 31.4 Å². The summed E-state index contributed by atoms with van der Waals surface area (Å²) in [4.78, 5) is 11.8. The molecular formula is C11H22N2OS. The topological polar surface area (TPSA) is 55.1 Å². The van der Waals surface area contributed by atoms with Crippen LogP contribution in [0.5, 0.6) is 0 Å². The summed E-state index contributed by atoms with van der Waals surface area (Å²) < 4.78 is 0. The van der Waals surface area contributed by atoms with E-state index in [-0.39, 0.29) is 17.5 Å². The van der Waals surface area contributed by atoms with Gasteiger partial charge in [0, 0.05) is 5.54 Å². The lowest BCUT2D eigenvalue weighted by molar-refractivity contribution is -0.125. The van der Waals surface area contributed by atoms with E-state index in [9.17, 15) is 4.79 Å². The van der Waals surface area contributed by atoms with Crippen molar-refractivity contribution in [3.63, 3.8) is 0 Å². The molecule has 0 heterocycles. The van der Waals surface area contributed by atoms with E-state index in [1.165, 1.54) is 6.42 Å². The fraction of sp³-hybridized carbons (Fsp3) is 0.909. The summed E-state index contributed by atoms with van der Waals surface area (Å²) >= 11 is 1.73. The number of hydrogen-bond donors (Lipinski definition) is 2. The van der Waals surface area contributed by atoms with Gasteiger partial charge < -0.3 is 11.1 Å². The van der Waals surface area contributed by atoms with Gasteiger partial charge in [0.1, 0.15) is 0 Å². The Morgan fingerprint density at radius 3 is 2.67 bits per heavy atom. The zero-order valence-electron chi connectivity index (χ0n) is 9.71. The van der Waals surface area contributed by atoms with Gasteiger partial charge in [-0.3, -0.25) is 4.79 Å². The lowest BCUT2D eigenvalue weighted by Crippen LogP contribution is -2.57. The Morgan fingerprint density at radius 1 is 1.60 bits per heavy atom. The number of carbonyl (C=O) groups is 1. The summed E-state index contributed by atoms with van der Waals surface area (Å²) in [5, 5.41) is 3.12. The zero-order valence-corrected chi connectivity index (χ0v) is 10.5. The molecule has 0 aromatic carbocycles. The van der Waals surface area contributed by atoms with Gasteiger partial charge in [-0.05, 0) is 44.1 Å². The van der Waals surface area contributed by atoms with Crippen molar-refractivity contribution in [2.75, 3.05) is 12.0 Å². The molecule has 0 aromatic heterocycles. The van der Waals surface area contributed by atoms with Crippen LogP contribution < -0.4 is 11.1 Å². The van der Waals surface area contributed by atoms with Gasteiger partial charge in [0.15, 0.2) is 0 Å². The third kappa shape index (κ3) is 3.38. The Balaban J connectivity index is 2.33.